The minimum absolute atomic E-state index is 0.0610. The molecule has 0 bridgehead atoms. The number of nitro groups is 1. The molecular formula is C18H13NO5. The first-order valence-corrected chi connectivity index (χ1v) is 7.17. The molecule has 120 valence electrons. The third-order valence-corrected chi connectivity index (χ3v) is 3.61. The van der Waals surface area contributed by atoms with Crippen molar-refractivity contribution < 1.29 is 19.6 Å². The highest BCUT2D eigenvalue weighted by Crippen LogP contribution is 2.29. The lowest BCUT2D eigenvalue weighted by Crippen LogP contribution is -2.02. The largest absolute Gasteiger partial charge is 0.482 e. The SMILES string of the molecule is O=C(O)c1ccc([N+](=O)[O-])c(OCc2ccc3ccccc3c2)c1. The van der Waals surface area contributed by atoms with Crippen molar-refractivity contribution in [3.8, 4) is 5.75 Å². The first-order valence-electron chi connectivity index (χ1n) is 7.17. The normalized spacial score (nSPS) is 10.5. The van der Waals surface area contributed by atoms with E-state index in [0.29, 0.717) is 0 Å². The first-order chi connectivity index (χ1) is 11.5. The van der Waals surface area contributed by atoms with E-state index in [9.17, 15) is 14.9 Å². The van der Waals surface area contributed by atoms with Gasteiger partial charge in [-0.1, -0.05) is 36.4 Å². The standard InChI is InChI=1S/C18H13NO5/c20-18(21)15-7-8-16(19(22)23)17(10-15)24-11-12-5-6-13-3-1-2-4-14(13)9-12/h1-10H,11H2,(H,20,21). The van der Waals surface area contributed by atoms with Crippen molar-refractivity contribution >= 4 is 22.4 Å². The third-order valence-electron chi connectivity index (χ3n) is 3.61. The molecule has 0 fully saturated rings. The Morgan fingerprint density at radius 2 is 1.79 bits per heavy atom. The highest BCUT2D eigenvalue weighted by atomic mass is 16.6. The molecule has 0 aliphatic heterocycles. The monoisotopic (exact) mass is 323 g/mol. The Balaban J connectivity index is 1.87. The molecular weight excluding hydrogens is 310 g/mol. The van der Waals surface area contributed by atoms with Crippen LogP contribution >= 0.6 is 0 Å². The summed E-state index contributed by atoms with van der Waals surface area (Å²) in [4.78, 5) is 21.5. The highest BCUT2D eigenvalue weighted by Gasteiger charge is 2.18. The maximum Gasteiger partial charge on any atom is 0.335 e. The van der Waals surface area contributed by atoms with E-state index in [4.69, 9.17) is 9.84 Å². The number of carboxylic acids is 1. The molecule has 24 heavy (non-hydrogen) atoms. The number of nitro benzene ring substituents is 1. The second-order valence-corrected chi connectivity index (χ2v) is 5.21. The summed E-state index contributed by atoms with van der Waals surface area (Å²) in [6, 6.07) is 17.1. The summed E-state index contributed by atoms with van der Waals surface area (Å²) in [6.45, 7) is 0.106. The van der Waals surface area contributed by atoms with E-state index in [1.54, 1.807) is 0 Å². The van der Waals surface area contributed by atoms with Gasteiger partial charge in [0.2, 0.25) is 0 Å². The van der Waals surface area contributed by atoms with Gasteiger partial charge in [-0.25, -0.2) is 4.79 Å². The predicted molar refractivity (Wildman–Crippen MR) is 88.3 cm³/mol. The number of carbonyl (C=O) groups is 1. The summed E-state index contributed by atoms with van der Waals surface area (Å²) in [5.74, 6) is -1.23. The Morgan fingerprint density at radius 3 is 2.50 bits per heavy atom. The average Bonchev–Trinajstić information content (AvgIpc) is 2.59. The van der Waals surface area contributed by atoms with E-state index in [-0.39, 0.29) is 23.6 Å². The molecule has 3 rings (SSSR count). The summed E-state index contributed by atoms with van der Waals surface area (Å²) in [5.41, 5.74) is 0.513. The van der Waals surface area contributed by atoms with Gasteiger partial charge in [0.05, 0.1) is 10.5 Å². The lowest BCUT2D eigenvalue weighted by atomic mass is 10.1. The van der Waals surface area contributed by atoms with Crippen LogP contribution in [-0.4, -0.2) is 16.0 Å². The van der Waals surface area contributed by atoms with Gasteiger partial charge in [-0.2, -0.15) is 0 Å². The van der Waals surface area contributed by atoms with E-state index in [1.165, 1.54) is 12.1 Å². The molecule has 0 heterocycles. The van der Waals surface area contributed by atoms with Crippen molar-refractivity contribution in [1.29, 1.82) is 0 Å². The number of hydrogen-bond acceptors (Lipinski definition) is 4. The topological polar surface area (TPSA) is 89.7 Å². The van der Waals surface area contributed by atoms with Gasteiger partial charge in [-0.3, -0.25) is 10.1 Å². The summed E-state index contributed by atoms with van der Waals surface area (Å²) in [5, 5.41) is 22.2. The Kier molecular flexibility index (Phi) is 4.11. The van der Waals surface area contributed by atoms with Gasteiger partial charge in [0, 0.05) is 12.1 Å². The van der Waals surface area contributed by atoms with Crippen molar-refractivity contribution in [2.45, 2.75) is 6.61 Å². The van der Waals surface area contributed by atoms with Crippen LogP contribution in [0.5, 0.6) is 5.75 Å². The molecule has 0 aliphatic rings. The lowest BCUT2D eigenvalue weighted by molar-refractivity contribution is -0.385. The van der Waals surface area contributed by atoms with Crippen LogP contribution in [-0.2, 0) is 6.61 Å². The minimum Gasteiger partial charge on any atom is -0.482 e. The van der Waals surface area contributed by atoms with Crippen molar-refractivity contribution in [3.63, 3.8) is 0 Å². The van der Waals surface area contributed by atoms with Crippen LogP contribution < -0.4 is 4.74 Å². The summed E-state index contributed by atoms with van der Waals surface area (Å²) >= 11 is 0. The van der Waals surface area contributed by atoms with Crippen LogP contribution in [0.2, 0.25) is 0 Å². The van der Waals surface area contributed by atoms with E-state index in [1.807, 2.05) is 42.5 Å². The Labute approximate surface area is 137 Å². The molecule has 1 N–H and O–H groups in total. The zero-order valence-corrected chi connectivity index (χ0v) is 12.5. The number of hydrogen-bond donors (Lipinski definition) is 1. The van der Waals surface area contributed by atoms with Crippen molar-refractivity contribution in [2.24, 2.45) is 0 Å². The van der Waals surface area contributed by atoms with Crippen molar-refractivity contribution in [3.05, 3.63) is 81.9 Å². The van der Waals surface area contributed by atoms with Gasteiger partial charge in [-0.05, 0) is 28.5 Å². The first kappa shape index (κ1) is 15.5. The van der Waals surface area contributed by atoms with Crippen LogP contribution in [0.25, 0.3) is 10.8 Å². The van der Waals surface area contributed by atoms with Crippen molar-refractivity contribution in [1.82, 2.24) is 0 Å². The van der Waals surface area contributed by atoms with Gasteiger partial charge in [0.1, 0.15) is 6.61 Å². The molecule has 0 aromatic heterocycles. The van der Waals surface area contributed by atoms with Crippen LogP contribution in [0, 0.1) is 10.1 Å². The predicted octanol–water partition coefficient (Wildman–Crippen LogP) is 4.03. The smallest absolute Gasteiger partial charge is 0.335 e. The molecule has 3 aromatic rings. The number of aromatic carboxylic acids is 1. The molecule has 0 atom stereocenters. The van der Waals surface area contributed by atoms with Crippen LogP contribution in [0.1, 0.15) is 15.9 Å². The average molecular weight is 323 g/mol. The molecule has 0 aliphatic carbocycles. The van der Waals surface area contributed by atoms with Gasteiger partial charge in [0.15, 0.2) is 5.75 Å². The van der Waals surface area contributed by atoms with Gasteiger partial charge < -0.3 is 9.84 Å². The quantitative estimate of drug-likeness (QED) is 0.565. The molecule has 0 amide bonds. The minimum atomic E-state index is -1.17. The Bertz CT molecular complexity index is 936. The molecule has 0 radical (unpaired) electrons. The van der Waals surface area contributed by atoms with Gasteiger partial charge >= 0.3 is 11.7 Å². The zero-order valence-electron chi connectivity index (χ0n) is 12.5. The van der Waals surface area contributed by atoms with Crippen LogP contribution in [0.15, 0.2) is 60.7 Å². The fraction of sp³-hybridized carbons (Fsp3) is 0.0556. The maximum absolute atomic E-state index is 11.1. The van der Waals surface area contributed by atoms with Gasteiger partial charge in [0.25, 0.3) is 0 Å². The highest BCUT2D eigenvalue weighted by molar-refractivity contribution is 5.88. The fourth-order valence-electron chi connectivity index (χ4n) is 2.40. The number of carboxylic acid groups (broad SMARTS) is 1. The summed E-state index contributed by atoms with van der Waals surface area (Å²) in [6.07, 6.45) is 0. The molecule has 0 spiro atoms. The van der Waals surface area contributed by atoms with E-state index < -0.39 is 10.9 Å². The molecule has 0 unspecified atom stereocenters. The Hall–Kier alpha value is -3.41. The second kappa shape index (κ2) is 6.37. The number of ether oxygens (including phenoxy) is 1. The van der Waals surface area contributed by atoms with E-state index >= 15 is 0 Å². The zero-order chi connectivity index (χ0) is 17.1. The van der Waals surface area contributed by atoms with Crippen molar-refractivity contribution in [2.75, 3.05) is 0 Å². The summed E-state index contributed by atoms with van der Waals surface area (Å²) in [7, 11) is 0. The molecule has 0 saturated carbocycles. The Morgan fingerprint density at radius 1 is 1.04 bits per heavy atom. The van der Waals surface area contributed by atoms with E-state index in [2.05, 4.69) is 0 Å². The van der Waals surface area contributed by atoms with Crippen LogP contribution in [0.3, 0.4) is 0 Å². The van der Waals surface area contributed by atoms with Crippen LogP contribution in [0.4, 0.5) is 5.69 Å². The lowest BCUT2D eigenvalue weighted by Gasteiger charge is -2.08. The fourth-order valence-corrected chi connectivity index (χ4v) is 2.40. The van der Waals surface area contributed by atoms with E-state index in [0.717, 1.165) is 22.4 Å². The van der Waals surface area contributed by atoms with Gasteiger partial charge in [-0.15, -0.1) is 0 Å². The molecule has 0 saturated heterocycles. The number of nitrogens with zero attached hydrogens (tertiary/aromatic N) is 1. The summed E-state index contributed by atoms with van der Waals surface area (Å²) < 4.78 is 5.52. The molecule has 6 heteroatoms. The third kappa shape index (κ3) is 3.17. The molecule has 3 aromatic carbocycles. The number of benzene rings is 3. The second-order valence-electron chi connectivity index (χ2n) is 5.21. The molecule has 6 nitrogen and oxygen atoms in total. The number of rotatable bonds is 5. The maximum atomic E-state index is 11.1. The number of fused-ring (bicyclic) bond motifs is 1.